The van der Waals surface area contributed by atoms with Gasteiger partial charge in [-0.3, -0.25) is 0 Å². The van der Waals surface area contributed by atoms with Crippen LogP contribution in [0.1, 0.15) is 16.7 Å². The Kier molecular flexibility index (Phi) is 6.37. The second-order valence-corrected chi connectivity index (χ2v) is 7.77. The van der Waals surface area contributed by atoms with Gasteiger partial charge in [0.25, 0.3) is 0 Å². The van der Waals surface area contributed by atoms with E-state index < -0.39 is 0 Å². The molecule has 0 saturated carbocycles. The molecule has 2 rings (SSSR count). The molecule has 0 aliphatic carbocycles. The van der Waals surface area contributed by atoms with Crippen molar-refractivity contribution in [3.63, 3.8) is 0 Å². The quantitative estimate of drug-likeness (QED) is 0.406. The summed E-state index contributed by atoms with van der Waals surface area (Å²) in [5.41, 5.74) is 3.76. The lowest BCUT2D eigenvalue weighted by Crippen LogP contribution is -2.33. The van der Waals surface area contributed by atoms with Gasteiger partial charge in [-0.15, -0.1) is 0 Å². The Bertz CT molecular complexity index is 621. The van der Waals surface area contributed by atoms with Crippen molar-refractivity contribution >= 4 is 59.4 Å². The molecule has 0 heterocycles. The van der Waals surface area contributed by atoms with Gasteiger partial charge in [0.1, 0.15) is 0 Å². The topological polar surface area (TPSA) is 0 Å². The van der Waals surface area contributed by atoms with Gasteiger partial charge in [0, 0.05) is 25.6 Å². The van der Waals surface area contributed by atoms with Crippen LogP contribution >= 0.6 is 59.4 Å². The normalized spacial score (nSPS) is 11.7. The van der Waals surface area contributed by atoms with Crippen LogP contribution in [-0.4, -0.2) is 10.7 Å². The fraction of sp³-hybridized carbons (Fsp3) is 0.294. The number of alkyl halides is 2. The van der Waals surface area contributed by atoms with E-state index in [2.05, 4.69) is 85.0 Å². The summed E-state index contributed by atoms with van der Waals surface area (Å²) in [6.45, 7) is 2.13. The smallest absolute Gasteiger partial charge is 0.0449 e. The summed E-state index contributed by atoms with van der Waals surface area (Å²) in [6, 6.07) is 14.8. The Labute approximate surface area is 156 Å². The molecule has 0 amide bonds. The van der Waals surface area contributed by atoms with Crippen molar-refractivity contribution in [2.24, 2.45) is 0 Å². The van der Waals surface area contributed by atoms with Gasteiger partial charge in [-0.1, -0.05) is 95.3 Å². The van der Waals surface area contributed by atoms with Gasteiger partial charge in [0.2, 0.25) is 0 Å². The number of aryl methyl sites for hydroxylation is 1. The van der Waals surface area contributed by atoms with E-state index >= 15 is 0 Å². The molecule has 0 N–H and O–H groups in total. The van der Waals surface area contributed by atoms with Crippen LogP contribution in [0.15, 0.2) is 46.9 Å². The highest BCUT2D eigenvalue weighted by Gasteiger charge is 2.31. The summed E-state index contributed by atoms with van der Waals surface area (Å²) in [4.78, 5) is 0. The number of rotatable bonds is 5. The lowest BCUT2D eigenvalue weighted by Gasteiger charge is -2.31. The van der Waals surface area contributed by atoms with E-state index in [0.29, 0.717) is 0 Å². The summed E-state index contributed by atoms with van der Waals surface area (Å²) >= 11 is 17.3. The number of hydrogen-bond donors (Lipinski definition) is 0. The van der Waals surface area contributed by atoms with Crippen LogP contribution in [0.4, 0.5) is 0 Å². The molecular weight excluding hydrogens is 479 g/mol. The Morgan fingerprint density at radius 3 is 2.33 bits per heavy atom. The van der Waals surface area contributed by atoms with Gasteiger partial charge < -0.3 is 0 Å². The highest BCUT2D eigenvalue weighted by atomic mass is 79.9. The number of halogens is 4. The third kappa shape index (κ3) is 4.13. The fourth-order valence-electron chi connectivity index (χ4n) is 2.39. The molecule has 0 atom stereocenters. The van der Waals surface area contributed by atoms with Crippen molar-refractivity contribution in [2.75, 3.05) is 10.7 Å². The van der Waals surface area contributed by atoms with Crippen molar-refractivity contribution in [3.05, 3.63) is 68.7 Å². The highest BCUT2D eigenvalue weighted by Crippen LogP contribution is 2.35. The maximum atomic E-state index is 6.41. The first-order valence-corrected chi connectivity index (χ1v) is 10.1. The Morgan fingerprint density at radius 1 is 1.05 bits per heavy atom. The van der Waals surface area contributed by atoms with Crippen LogP contribution in [0, 0.1) is 6.92 Å². The third-order valence-electron chi connectivity index (χ3n) is 3.69. The maximum Gasteiger partial charge on any atom is 0.0449 e. The summed E-state index contributed by atoms with van der Waals surface area (Å²) < 4.78 is 1.01. The minimum absolute atomic E-state index is 0.0104. The van der Waals surface area contributed by atoms with Crippen molar-refractivity contribution in [1.82, 2.24) is 0 Å². The zero-order chi connectivity index (χ0) is 15.5. The van der Waals surface area contributed by atoms with E-state index in [1.165, 1.54) is 16.7 Å². The standard InChI is InChI=1S/C17H16Br3Cl/c1-12-3-2-4-14(7-12)17(10-18,11-19)9-13-5-6-15(20)8-16(13)21/h2-8H,9-11H2,1H3. The summed E-state index contributed by atoms with van der Waals surface area (Å²) in [5, 5.41) is 2.56. The minimum atomic E-state index is -0.0104. The molecule has 0 bridgehead atoms. The average molecular weight is 495 g/mol. The molecule has 0 radical (unpaired) electrons. The zero-order valence-electron chi connectivity index (χ0n) is 11.7. The van der Waals surface area contributed by atoms with E-state index in [0.717, 1.165) is 26.6 Å². The van der Waals surface area contributed by atoms with E-state index in [1.807, 2.05) is 12.1 Å². The van der Waals surface area contributed by atoms with Gasteiger partial charge in [-0.25, -0.2) is 0 Å². The van der Waals surface area contributed by atoms with Crippen molar-refractivity contribution < 1.29 is 0 Å². The third-order valence-corrected chi connectivity index (χ3v) is 6.68. The molecule has 4 heteroatoms. The highest BCUT2D eigenvalue weighted by molar-refractivity contribution is 9.10. The summed E-state index contributed by atoms with van der Waals surface area (Å²) in [7, 11) is 0. The van der Waals surface area contributed by atoms with Crippen LogP contribution < -0.4 is 0 Å². The van der Waals surface area contributed by atoms with Crippen molar-refractivity contribution in [3.8, 4) is 0 Å². The Balaban J connectivity index is 2.43. The van der Waals surface area contributed by atoms with E-state index in [1.54, 1.807) is 0 Å². The van der Waals surface area contributed by atoms with Gasteiger partial charge >= 0.3 is 0 Å². The molecule has 112 valence electrons. The molecule has 21 heavy (non-hydrogen) atoms. The first-order chi connectivity index (χ1) is 10.0. The van der Waals surface area contributed by atoms with Crippen molar-refractivity contribution in [1.29, 1.82) is 0 Å². The largest absolute Gasteiger partial charge is 0.0918 e. The first-order valence-electron chi connectivity index (χ1n) is 6.64. The van der Waals surface area contributed by atoms with Gasteiger partial charge in [-0.2, -0.15) is 0 Å². The lowest BCUT2D eigenvalue weighted by atomic mass is 9.78. The van der Waals surface area contributed by atoms with E-state index in [9.17, 15) is 0 Å². The minimum Gasteiger partial charge on any atom is -0.0918 e. The van der Waals surface area contributed by atoms with Crippen LogP contribution in [0.5, 0.6) is 0 Å². The maximum absolute atomic E-state index is 6.41. The van der Waals surface area contributed by atoms with Gasteiger partial charge in [-0.05, 0) is 36.6 Å². The molecule has 2 aromatic carbocycles. The average Bonchev–Trinajstić information content (AvgIpc) is 2.47. The Morgan fingerprint density at radius 2 is 1.76 bits per heavy atom. The SMILES string of the molecule is Cc1cccc(C(CBr)(CBr)Cc2ccc(Br)cc2Cl)c1. The predicted octanol–water partition coefficient (Wildman–Crippen LogP) is 6.68. The molecule has 0 aliphatic heterocycles. The van der Waals surface area contributed by atoms with Crippen LogP contribution in [0.3, 0.4) is 0 Å². The second kappa shape index (κ2) is 7.63. The molecule has 0 aromatic heterocycles. The molecule has 0 unspecified atom stereocenters. The predicted molar refractivity (Wildman–Crippen MR) is 103 cm³/mol. The fourth-order valence-corrected chi connectivity index (χ4v) is 5.10. The van der Waals surface area contributed by atoms with Gasteiger partial charge in [0.05, 0.1) is 0 Å². The number of benzene rings is 2. The Hall–Kier alpha value is 0.170. The van der Waals surface area contributed by atoms with Gasteiger partial charge in [0.15, 0.2) is 0 Å². The summed E-state index contributed by atoms with van der Waals surface area (Å²) in [5.74, 6) is 0. The summed E-state index contributed by atoms with van der Waals surface area (Å²) in [6.07, 6.45) is 0.888. The molecule has 0 saturated heterocycles. The molecule has 2 aromatic rings. The zero-order valence-corrected chi connectivity index (χ0v) is 17.2. The molecule has 0 nitrogen and oxygen atoms in total. The van der Waals surface area contributed by atoms with E-state index in [4.69, 9.17) is 11.6 Å². The van der Waals surface area contributed by atoms with Crippen LogP contribution in [0.25, 0.3) is 0 Å². The second-order valence-electron chi connectivity index (χ2n) is 5.33. The first kappa shape index (κ1) is 17.5. The number of hydrogen-bond acceptors (Lipinski definition) is 0. The van der Waals surface area contributed by atoms with Crippen LogP contribution in [0.2, 0.25) is 5.02 Å². The lowest BCUT2D eigenvalue weighted by molar-refractivity contribution is 0.551. The molecular formula is C17H16Br3Cl. The van der Waals surface area contributed by atoms with E-state index in [-0.39, 0.29) is 5.41 Å². The molecule has 0 fully saturated rings. The molecule has 0 spiro atoms. The molecule has 0 aliphatic rings. The van der Waals surface area contributed by atoms with Crippen LogP contribution in [-0.2, 0) is 11.8 Å². The van der Waals surface area contributed by atoms with Crippen molar-refractivity contribution in [2.45, 2.75) is 18.8 Å². The monoisotopic (exact) mass is 492 g/mol.